The number of hydrogen-bond donors (Lipinski definition) is 0. The molecule has 2 aliphatic heterocycles. The SMILES string of the molecule is CCn1cnc2c(c1=O)CCN(C(=O)N1CCC(OC)CC1)C2. The first-order valence-corrected chi connectivity index (χ1v) is 8.27. The van der Waals surface area contributed by atoms with Crippen LogP contribution in [0.5, 0.6) is 0 Å². The molecule has 0 saturated carbocycles. The average Bonchev–Trinajstić information content (AvgIpc) is 2.61. The maximum atomic E-state index is 12.7. The van der Waals surface area contributed by atoms with Crippen molar-refractivity contribution < 1.29 is 9.53 Å². The third kappa shape index (κ3) is 3.10. The summed E-state index contributed by atoms with van der Waals surface area (Å²) in [5, 5.41) is 0. The molecule has 7 nitrogen and oxygen atoms in total. The zero-order valence-corrected chi connectivity index (χ0v) is 13.8. The van der Waals surface area contributed by atoms with Gasteiger partial charge in [0.05, 0.1) is 24.7 Å². The quantitative estimate of drug-likeness (QED) is 0.810. The number of nitrogens with zero attached hydrogens (tertiary/aromatic N) is 4. The predicted octanol–water partition coefficient (Wildman–Crippen LogP) is 0.852. The Hall–Kier alpha value is -1.89. The van der Waals surface area contributed by atoms with Crippen molar-refractivity contribution in [2.45, 2.75) is 45.4 Å². The Kier molecular flexibility index (Phi) is 4.66. The minimum atomic E-state index is 0.0329. The number of likely N-dealkylation sites (tertiary alicyclic amines) is 1. The predicted molar refractivity (Wildman–Crippen MR) is 85.3 cm³/mol. The minimum Gasteiger partial charge on any atom is -0.381 e. The second-order valence-electron chi connectivity index (χ2n) is 6.14. The molecule has 0 N–H and O–H groups in total. The Labute approximate surface area is 135 Å². The van der Waals surface area contributed by atoms with E-state index < -0.39 is 0 Å². The summed E-state index contributed by atoms with van der Waals surface area (Å²) in [4.78, 5) is 33.0. The van der Waals surface area contributed by atoms with Crippen LogP contribution in [0.25, 0.3) is 0 Å². The normalized spacial score (nSPS) is 18.9. The Balaban J connectivity index is 1.69. The number of ether oxygens (including phenoxy) is 1. The van der Waals surface area contributed by atoms with Gasteiger partial charge in [-0.3, -0.25) is 9.36 Å². The Morgan fingerprint density at radius 3 is 2.70 bits per heavy atom. The lowest BCUT2D eigenvalue weighted by molar-refractivity contribution is 0.0437. The van der Waals surface area contributed by atoms with Crippen LogP contribution in [0.3, 0.4) is 0 Å². The first-order valence-electron chi connectivity index (χ1n) is 8.27. The van der Waals surface area contributed by atoms with Crippen LogP contribution in [0, 0.1) is 0 Å². The Morgan fingerprint density at radius 2 is 2.04 bits per heavy atom. The van der Waals surface area contributed by atoms with E-state index in [4.69, 9.17) is 4.74 Å². The van der Waals surface area contributed by atoms with Gasteiger partial charge in [-0.1, -0.05) is 0 Å². The van der Waals surface area contributed by atoms with Crippen molar-refractivity contribution in [2.75, 3.05) is 26.7 Å². The molecule has 126 valence electrons. The van der Waals surface area contributed by atoms with Gasteiger partial charge in [0.2, 0.25) is 0 Å². The molecule has 1 fully saturated rings. The molecule has 0 radical (unpaired) electrons. The van der Waals surface area contributed by atoms with Gasteiger partial charge in [-0.15, -0.1) is 0 Å². The third-order valence-corrected chi connectivity index (χ3v) is 4.85. The van der Waals surface area contributed by atoms with Crippen LogP contribution in [0.15, 0.2) is 11.1 Å². The highest BCUT2D eigenvalue weighted by Crippen LogP contribution is 2.19. The lowest BCUT2D eigenvalue weighted by Gasteiger charge is -2.36. The molecule has 3 heterocycles. The Bertz CT molecular complexity index is 635. The van der Waals surface area contributed by atoms with Gasteiger partial charge in [-0.2, -0.15) is 0 Å². The summed E-state index contributed by atoms with van der Waals surface area (Å²) < 4.78 is 6.96. The number of carbonyl (C=O) groups excluding carboxylic acids is 1. The van der Waals surface area contributed by atoms with E-state index in [-0.39, 0.29) is 17.7 Å². The molecule has 23 heavy (non-hydrogen) atoms. The van der Waals surface area contributed by atoms with Crippen LogP contribution in [0.2, 0.25) is 0 Å². The van der Waals surface area contributed by atoms with Gasteiger partial charge in [0, 0.05) is 38.9 Å². The van der Waals surface area contributed by atoms with Crippen molar-refractivity contribution in [3.05, 3.63) is 27.9 Å². The highest BCUT2D eigenvalue weighted by atomic mass is 16.5. The molecule has 2 amide bonds. The number of methoxy groups -OCH3 is 1. The second kappa shape index (κ2) is 6.70. The topological polar surface area (TPSA) is 67.7 Å². The summed E-state index contributed by atoms with van der Waals surface area (Å²) in [6, 6.07) is 0.0478. The van der Waals surface area contributed by atoms with E-state index in [1.54, 1.807) is 22.9 Å². The highest BCUT2D eigenvalue weighted by molar-refractivity contribution is 5.74. The van der Waals surface area contributed by atoms with Gasteiger partial charge in [0.15, 0.2) is 0 Å². The molecule has 1 saturated heterocycles. The molecule has 2 aliphatic rings. The molecular weight excluding hydrogens is 296 g/mol. The van der Waals surface area contributed by atoms with Gasteiger partial charge < -0.3 is 14.5 Å². The van der Waals surface area contributed by atoms with Gasteiger partial charge in [-0.05, 0) is 26.2 Å². The number of aryl methyl sites for hydroxylation is 1. The average molecular weight is 320 g/mol. The number of urea groups is 1. The molecule has 0 unspecified atom stereocenters. The molecule has 0 aliphatic carbocycles. The fraction of sp³-hybridized carbons (Fsp3) is 0.688. The summed E-state index contributed by atoms with van der Waals surface area (Å²) in [6.07, 6.45) is 4.19. The zero-order valence-electron chi connectivity index (χ0n) is 13.8. The zero-order chi connectivity index (χ0) is 16.4. The molecule has 0 aromatic carbocycles. The van der Waals surface area contributed by atoms with Crippen LogP contribution in [0.4, 0.5) is 4.79 Å². The fourth-order valence-electron chi connectivity index (χ4n) is 3.33. The number of carbonyl (C=O) groups is 1. The third-order valence-electron chi connectivity index (χ3n) is 4.85. The molecule has 0 atom stereocenters. The van der Waals surface area contributed by atoms with Gasteiger partial charge in [-0.25, -0.2) is 9.78 Å². The summed E-state index contributed by atoms with van der Waals surface area (Å²) in [5.74, 6) is 0. The number of aromatic nitrogens is 2. The summed E-state index contributed by atoms with van der Waals surface area (Å²) in [7, 11) is 1.72. The van der Waals surface area contributed by atoms with Crippen molar-refractivity contribution in [3.63, 3.8) is 0 Å². The minimum absolute atomic E-state index is 0.0329. The summed E-state index contributed by atoms with van der Waals surface area (Å²) in [5.41, 5.74) is 1.54. The summed E-state index contributed by atoms with van der Waals surface area (Å²) >= 11 is 0. The molecule has 1 aromatic heterocycles. The summed E-state index contributed by atoms with van der Waals surface area (Å²) in [6.45, 7) is 5.02. The first kappa shape index (κ1) is 16.0. The largest absolute Gasteiger partial charge is 0.381 e. The maximum absolute atomic E-state index is 12.7. The van der Waals surface area contributed by atoms with E-state index in [1.165, 1.54) is 0 Å². The van der Waals surface area contributed by atoms with E-state index in [2.05, 4.69) is 4.98 Å². The lowest BCUT2D eigenvalue weighted by atomic mass is 10.1. The van der Waals surface area contributed by atoms with Crippen LogP contribution in [-0.2, 0) is 24.2 Å². The van der Waals surface area contributed by atoms with E-state index in [0.717, 1.165) is 37.2 Å². The van der Waals surface area contributed by atoms with Gasteiger partial charge >= 0.3 is 6.03 Å². The smallest absolute Gasteiger partial charge is 0.320 e. The molecule has 3 rings (SSSR count). The van der Waals surface area contributed by atoms with Crippen molar-refractivity contribution in [1.82, 2.24) is 19.4 Å². The van der Waals surface area contributed by atoms with E-state index in [0.29, 0.717) is 26.1 Å². The van der Waals surface area contributed by atoms with Gasteiger partial charge in [0.1, 0.15) is 0 Å². The van der Waals surface area contributed by atoms with Crippen LogP contribution < -0.4 is 5.56 Å². The van der Waals surface area contributed by atoms with Crippen molar-refractivity contribution >= 4 is 6.03 Å². The van der Waals surface area contributed by atoms with Crippen molar-refractivity contribution in [1.29, 1.82) is 0 Å². The maximum Gasteiger partial charge on any atom is 0.320 e. The highest BCUT2D eigenvalue weighted by Gasteiger charge is 2.29. The number of rotatable bonds is 2. The molecule has 7 heteroatoms. The number of fused-ring (bicyclic) bond motifs is 1. The van der Waals surface area contributed by atoms with E-state index >= 15 is 0 Å². The van der Waals surface area contributed by atoms with E-state index in [1.807, 2.05) is 11.8 Å². The van der Waals surface area contributed by atoms with Gasteiger partial charge in [0.25, 0.3) is 5.56 Å². The monoisotopic (exact) mass is 320 g/mol. The van der Waals surface area contributed by atoms with Crippen LogP contribution in [-0.4, -0.2) is 58.2 Å². The number of hydrogen-bond acceptors (Lipinski definition) is 4. The van der Waals surface area contributed by atoms with Crippen molar-refractivity contribution in [3.8, 4) is 0 Å². The molecule has 0 spiro atoms. The van der Waals surface area contributed by atoms with Crippen molar-refractivity contribution in [2.24, 2.45) is 0 Å². The second-order valence-corrected chi connectivity index (χ2v) is 6.14. The van der Waals surface area contributed by atoms with Crippen LogP contribution in [0.1, 0.15) is 31.0 Å². The molecular formula is C16H24N4O3. The first-order chi connectivity index (χ1) is 11.1. The molecule has 1 aromatic rings. The standard InChI is InChI=1S/C16H24N4O3/c1-3-18-11-17-14-10-20(9-6-13(14)15(18)21)16(22)19-7-4-12(23-2)5-8-19/h11-12H,3-10H2,1-2H3. The fourth-order valence-corrected chi connectivity index (χ4v) is 3.33. The van der Waals surface area contributed by atoms with Crippen LogP contribution >= 0.6 is 0 Å². The lowest BCUT2D eigenvalue weighted by Crippen LogP contribution is -2.50. The number of piperidine rings is 1. The number of amides is 2. The van der Waals surface area contributed by atoms with E-state index in [9.17, 15) is 9.59 Å². The Morgan fingerprint density at radius 1 is 1.30 bits per heavy atom. The molecule has 0 bridgehead atoms.